The largest absolute Gasteiger partial charge is 0.382 e. The highest BCUT2D eigenvalue weighted by Crippen LogP contribution is 2.14. The zero-order chi connectivity index (χ0) is 14.7. The molecule has 0 saturated carbocycles. The van der Waals surface area contributed by atoms with Crippen molar-refractivity contribution in [2.75, 3.05) is 19.3 Å². The monoisotopic (exact) mass is 303 g/mol. The van der Waals surface area contributed by atoms with E-state index in [9.17, 15) is 0 Å². The van der Waals surface area contributed by atoms with E-state index in [1.807, 2.05) is 10.1 Å². The first kappa shape index (κ1) is 13.9. The fourth-order valence-electron chi connectivity index (χ4n) is 2.24. The molecule has 3 aromatic heterocycles. The Bertz CT molecular complexity index is 706. The third-order valence-electron chi connectivity index (χ3n) is 3.28. The van der Waals surface area contributed by atoms with Crippen molar-refractivity contribution in [2.24, 2.45) is 0 Å². The molecule has 7 nitrogen and oxygen atoms in total. The van der Waals surface area contributed by atoms with E-state index in [1.165, 1.54) is 6.33 Å². The molecule has 0 amide bonds. The third-order valence-corrected chi connectivity index (χ3v) is 3.92. The van der Waals surface area contributed by atoms with Gasteiger partial charge in [0.05, 0.1) is 17.5 Å². The lowest BCUT2D eigenvalue weighted by Crippen LogP contribution is -2.20. The zero-order valence-electron chi connectivity index (χ0n) is 11.8. The quantitative estimate of drug-likeness (QED) is 0.740. The predicted molar refractivity (Wildman–Crippen MR) is 82.8 cm³/mol. The molecule has 0 saturated heterocycles. The lowest BCUT2D eigenvalue weighted by Gasteiger charge is -2.15. The molecular weight excluding hydrogens is 286 g/mol. The molecule has 110 valence electrons. The molecule has 0 radical (unpaired) electrons. The fourth-order valence-corrected chi connectivity index (χ4v) is 2.79. The van der Waals surface area contributed by atoms with E-state index < -0.39 is 0 Å². The second-order valence-corrected chi connectivity index (χ2v) is 5.66. The summed E-state index contributed by atoms with van der Waals surface area (Å²) in [5, 5.41) is 2.08. The van der Waals surface area contributed by atoms with Crippen molar-refractivity contribution in [1.29, 1.82) is 0 Å². The Balaban J connectivity index is 1.56. The minimum atomic E-state index is 0.430. The lowest BCUT2D eigenvalue weighted by atomic mass is 10.3. The molecular formula is C13H17N7S. The summed E-state index contributed by atoms with van der Waals surface area (Å²) in [6.07, 6.45) is 4.26. The number of imidazole rings is 1. The highest BCUT2D eigenvalue weighted by molar-refractivity contribution is 7.07. The summed E-state index contributed by atoms with van der Waals surface area (Å²) in [5.74, 6) is 0.430. The molecule has 0 fully saturated rings. The van der Waals surface area contributed by atoms with Crippen LogP contribution in [0, 0.1) is 0 Å². The number of thiazole rings is 1. The van der Waals surface area contributed by atoms with Crippen molar-refractivity contribution < 1.29 is 0 Å². The van der Waals surface area contributed by atoms with Gasteiger partial charge in [-0.3, -0.25) is 0 Å². The SMILES string of the molecule is CN(CCCn1cnc2c(N)ncnc21)Cc1cscn1. The Morgan fingerprint density at radius 1 is 1.29 bits per heavy atom. The van der Waals surface area contributed by atoms with Gasteiger partial charge < -0.3 is 15.2 Å². The number of aromatic nitrogens is 5. The number of nitrogen functional groups attached to an aromatic ring is 1. The highest BCUT2D eigenvalue weighted by Gasteiger charge is 2.08. The topological polar surface area (TPSA) is 85.8 Å². The Morgan fingerprint density at radius 3 is 3.00 bits per heavy atom. The van der Waals surface area contributed by atoms with Gasteiger partial charge in [-0.1, -0.05) is 0 Å². The van der Waals surface area contributed by atoms with Crippen molar-refractivity contribution >= 4 is 28.3 Å². The first-order chi connectivity index (χ1) is 10.2. The van der Waals surface area contributed by atoms with Gasteiger partial charge in [-0.05, 0) is 20.0 Å². The average molecular weight is 303 g/mol. The average Bonchev–Trinajstić information content (AvgIpc) is 3.10. The Labute approximate surface area is 126 Å². The molecule has 0 aliphatic rings. The van der Waals surface area contributed by atoms with Crippen LogP contribution in [-0.2, 0) is 13.1 Å². The Kier molecular flexibility index (Phi) is 4.07. The molecule has 3 rings (SSSR count). The van der Waals surface area contributed by atoms with Gasteiger partial charge in [0.2, 0.25) is 0 Å². The number of hydrogen-bond donors (Lipinski definition) is 1. The number of anilines is 1. The predicted octanol–water partition coefficient (Wildman–Crippen LogP) is 1.39. The molecule has 8 heteroatoms. The second-order valence-electron chi connectivity index (χ2n) is 4.94. The standard InChI is InChI=1S/C13H17N7S/c1-19(5-10-6-21-9-18-10)3-2-4-20-8-17-11-12(14)15-7-16-13(11)20/h6-9H,2-5H2,1H3,(H2,14,15,16). The molecule has 0 spiro atoms. The molecule has 0 aliphatic carbocycles. The Morgan fingerprint density at radius 2 is 2.19 bits per heavy atom. The van der Waals surface area contributed by atoms with Gasteiger partial charge in [-0.15, -0.1) is 11.3 Å². The second kappa shape index (κ2) is 6.15. The summed E-state index contributed by atoms with van der Waals surface area (Å²) in [7, 11) is 2.10. The van der Waals surface area contributed by atoms with E-state index in [1.54, 1.807) is 17.7 Å². The molecule has 0 unspecified atom stereocenters. The summed E-state index contributed by atoms with van der Waals surface area (Å²) >= 11 is 1.63. The van der Waals surface area contributed by atoms with Gasteiger partial charge in [0.1, 0.15) is 11.8 Å². The summed E-state index contributed by atoms with van der Waals surface area (Å²) in [4.78, 5) is 19.0. The van der Waals surface area contributed by atoms with Crippen LogP contribution in [-0.4, -0.2) is 43.0 Å². The highest BCUT2D eigenvalue weighted by atomic mass is 32.1. The van der Waals surface area contributed by atoms with E-state index in [4.69, 9.17) is 5.73 Å². The Hall–Kier alpha value is -2.06. The van der Waals surface area contributed by atoms with Crippen molar-refractivity contribution in [3.8, 4) is 0 Å². The lowest BCUT2D eigenvalue weighted by molar-refractivity contribution is 0.312. The first-order valence-electron chi connectivity index (χ1n) is 6.71. The third kappa shape index (κ3) is 3.17. The molecule has 2 N–H and O–H groups in total. The molecule has 0 aliphatic heterocycles. The van der Waals surface area contributed by atoms with E-state index in [0.29, 0.717) is 11.3 Å². The number of hydrogen-bond acceptors (Lipinski definition) is 7. The molecule has 3 aromatic rings. The number of rotatable bonds is 6. The summed E-state index contributed by atoms with van der Waals surface area (Å²) in [6.45, 7) is 2.72. The van der Waals surface area contributed by atoms with Gasteiger partial charge in [0.25, 0.3) is 0 Å². The summed E-state index contributed by atoms with van der Waals surface area (Å²) < 4.78 is 2.02. The van der Waals surface area contributed by atoms with E-state index in [0.717, 1.165) is 37.4 Å². The molecule has 3 heterocycles. The minimum Gasteiger partial charge on any atom is -0.382 e. The molecule has 0 bridgehead atoms. The van der Waals surface area contributed by atoms with Crippen LogP contribution in [0.2, 0.25) is 0 Å². The fraction of sp³-hybridized carbons (Fsp3) is 0.385. The van der Waals surface area contributed by atoms with E-state index in [-0.39, 0.29) is 0 Å². The number of nitrogens with two attached hydrogens (primary N) is 1. The first-order valence-corrected chi connectivity index (χ1v) is 7.65. The van der Waals surface area contributed by atoms with E-state index >= 15 is 0 Å². The van der Waals surface area contributed by atoms with Crippen molar-refractivity contribution in [2.45, 2.75) is 19.5 Å². The van der Waals surface area contributed by atoms with Gasteiger partial charge in [0, 0.05) is 18.5 Å². The summed E-state index contributed by atoms with van der Waals surface area (Å²) in [5.41, 5.74) is 10.2. The van der Waals surface area contributed by atoms with Gasteiger partial charge in [-0.25, -0.2) is 19.9 Å². The maximum Gasteiger partial charge on any atom is 0.165 e. The maximum absolute atomic E-state index is 5.78. The van der Waals surface area contributed by atoms with Crippen LogP contribution in [0.1, 0.15) is 12.1 Å². The van der Waals surface area contributed by atoms with Crippen LogP contribution in [0.3, 0.4) is 0 Å². The normalized spacial score (nSPS) is 11.5. The van der Waals surface area contributed by atoms with Crippen LogP contribution in [0.4, 0.5) is 5.82 Å². The van der Waals surface area contributed by atoms with Crippen molar-refractivity contribution in [3.05, 3.63) is 29.2 Å². The van der Waals surface area contributed by atoms with Crippen molar-refractivity contribution in [1.82, 2.24) is 29.4 Å². The molecule has 0 atom stereocenters. The van der Waals surface area contributed by atoms with Gasteiger partial charge in [-0.2, -0.15) is 0 Å². The van der Waals surface area contributed by atoms with Crippen LogP contribution < -0.4 is 5.73 Å². The molecule has 0 aromatic carbocycles. The van der Waals surface area contributed by atoms with Gasteiger partial charge >= 0.3 is 0 Å². The maximum atomic E-state index is 5.78. The minimum absolute atomic E-state index is 0.430. The summed E-state index contributed by atoms with van der Waals surface area (Å²) in [6, 6.07) is 0. The number of aryl methyl sites for hydroxylation is 1. The van der Waals surface area contributed by atoms with Crippen LogP contribution in [0.15, 0.2) is 23.5 Å². The van der Waals surface area contributed by atoms with E-state index in [2.05, 4.69) is 37.3 Å². The van der Waals surface area contributed by atoms with Crippen LogP contribution in [0.25, 0.3) is 11.2 Å². The molecule has 21 heavy (non-hydrogen) atoms. The smallest absolute Gasteiger partial charge is 0.165 e. The van der Waals surface area contributed by atoms with Crippen LogP contribution in [0.5, 0.6) is 0 Å². The number of nitrogens with zero attached hydrogens (tertiary/aromatic N) is 6. The van der Waals surface area contributed by atoms with Crippen molar-refractivity contribution in [3.63, 3.8) is 0 Å². The van der Waals surface area contributed by atoms with Crippen LogP contribution >= 0.6 is 11.3 Å². The zero-order valence-corrected chi connectivity index (χ0v) is 12.6. The number of fused-ring (bicyclic) bond motifs is 1. The van der Waals surface area contributed by atoms with Gasteiger partial charge in [0.15, 0.2) is 11.5 Å².